The number of halogens is 2. The average molecular weight is 536 g/mol. The lowest BCUT2D eigenvalue weighted by Gasteiger charge is -2.36. The Morgan fingerprint density at radius 3 is 2.50 bits per heavy atom. The van der Waals surface area contributed by atoms with Crippen molar-refractivity contribution in [2.45, 2.75) is 18.4 Å². The van der Waals surface area contributed by atoms with Crippen molar-refractivity contribution in [1.82, 2.24) is 9.47 Å². The highest BCUT2D eigenvalue weighted by atomic mass is 35.5. The third-order valence-corrected chi connectivity index (χ3v) is 7.48. The maximum Gasteiger partial charge on any atom is 0.341 e. The third-order valence-electron chi connectivity index (χ3n) is 5.97. The molecule has 0 amide bonds. The van der Waals surface area contributed by atoms with Gasteiger partial charge in [-0.3, -0.25) is 4.79 Å². The molecule has 0 atom stereocenters. The molecule has 0 aliphatic carbocycles. The Hall–Kier alpha value is -3.64. The first-order valence-corrected chi connectivity index (χ1v) is 12.8. The van der Waals surface area contributed by atoms with Crippen LogP contribution in [0.3, 0.4) is 0 Å². The highest BCUT2D eigenvalue weighted by Crippen LogP contribution is 2.26. The van der Waals surface area contributed by atoms with E-state index in [4.69, 9.17) is 17.3 Å². The van der Waals surface area contributed by atoms with Gasteiger partial charge in [-0.25, -0.2) is 9.18 Å². The van der Waals surface area contributed by atoms with Crippen molar-refractivity contribution in [3.05, 3.63) is 69.2 Å². The number of piperazine rings is 1. The van der Waals surface area contributed by atoms with Crippen LogP contribution in [0, 0.1) is 5.82 Å². The molecule has 10 nitrogen and oxygen atoms in total. The SMILES string of the molecule is CCn1cc(C(=O)O)c(=O)c2cc(F)c(N3CCN(/C(N)=N/S(=O)(=O)c4cccc(Cl)c4)CC3)cc21. The highest BCUT2D eigenvalue weighted by Gasteiger charge is 2.24. The summed E-state index contributed by atoms with van der Waals surface area (Å²) in [6.07, 6.45) is 1.25. The van der Waals surface area contributed by atoms with E-state index in [1.165, 1.54) is 30.5 Å². The number of sulfonamides is 1. The quantitative estimate of drug-likeness (QED) is 0.375. The van der Waals surface area contributed by atoms with Gasteiger partial charge < -0.3 is 25.2 Å². The second-order valence-electron chi connectivity index (χ2n) is 8.14. The van der Waals surface area contributed by atoms with Gasteiger partial charge in [0.15, 0.2) is 0 Å². The molecule has 0 unspecified atom stereocenters. The molecule has 0 bridgehead atoms. The minimum Gasteiger partial charge on any atom is -0.477 e. The van der Waals surface area contributed by atoms with Gasteiger partial charge >= 0.3 is 5.97 Å². The summed E-state index contributed by atoms with van der Waals surface area (Å²) in [4.78, 5) is 27.2. The third kappa shape index (κ3) is 4.86. The number of rotatable bonds is 5. The van der Waals surface area contributed by atoms with E-state index < -0.39 is 32.8 Å². The van der Waals surface area contributed by atoms with E-state index in [9.17, 15) is 23.1 Å². The Labute approximate surface area is 211 Å². The summed E-state index contributed by atoms with van der Waals surface area (Å²) in [6.45, 7) is 3.33. The molecule has 1 fully saturated rings. The standard InChI is InChI=1S/C23H23ClFN5O5S/c1-2-28-13-17(22(32)33)21(31)16-11-18(25)20(12-19(16)28)29-6-8-30(9-7-29)23(26)27-36(34,35)15-5-3-4-14(24)10-15/h3-5,10-13H,2,6-9H2,1H3,(H2,26,27)(H,32,33). The lowest BCUT2D eigenvalue weighted by Crippen LogP contribution is -2.51. The molecule has 3 aromatic rings. The van der Waals surface area contributed by atoms with Crippen LogP contribution in [0.2, 0.25) is 5.02 Å². The lowest BCUT2D eigenvalue weighted by molar-refractivity contribution is 0.0695. The van der Waals surface area contributed by atoms with Gasteiger partial charge in [-0.05, 0) is 37.3 Å². The number of guanidine groups is 1. The van der Waals surface area contributed by atoms with Gasteiger partial charge in [0.05, 0.1) is 16.1 Å². The summed E-state index contributed by atoms with van der Waals surface area (Å²) in [6, 6.07) is 8.28. The molecule has 36 heavy (non-hydrogen) atoms. The van der Waals surface area contributed by atoms with Crippen molar-refractivity contribution in [3.63, 3.8) is 0 Å². The number of nitrogens with two attached hydrogens (primary N) is 1. The van der Waals surface area contributed by atoms with Gasteiger partial charge in [0, 0.05) is 49.3 Å². The van der Waals surface area contributed by atoms with Crippen LogP contribution in [-0.4, -0.2) is 61.1 Å². The van der Waals surface area contributed by atoms with Crippen LogP contribution in [0.15, 0.2) is 56.7 Å². The molecule has 0 saturated carbocycles. The smallest absolute Gasteiger partial charge is 0.341 e. The number of benzene rings is 2. The van der Waals surface area contributed by atoms with Gasteiger partial charge in [-0.1, -0.05) is 17.7 Å². The number of hydrogen-bond acceptors (Lipinski definition) is 5. The normalized spacial score (nSPS) is 14.9. The van der Waals surface area contributed by atoms with Crippen molar-refractivity contribution in [2.75, 3.05) is 31.1 Å². The molecule has 1 aliphatic rings. The maximum atomic E-state index is 15.1. The van der Waals surface area contributed by atoms with Crippen molar-refractivity contribution >= 4 is 50.1 Å². The molecule has 1 saturated heterocycles. The number of pyridine rings is 1. The van der Waals surface area contributed by atoms with Crippen LogP contribution in [-0.2, 0) is 16.6 Å². The van der Waals surface area contributed by atoms with E-state index in [0.717, 1.165) is 6.07 Å². The fourth-order valence-corrected chi connectivity index (χ4v) is 5.34. The second-order valence-corrected chi connectivity index (χ2v) is 10.2. The van der Waals surface area contributed by atoms with Crippen LogP contribution in [0.25, 0.3) is 10.9 Å². The van der Waals surface area contributed by atoms with Crippen molar-refractivity contribution in [1.29, 1.82) is 0 Å². The summed E-state index contributed by atoms with van der Waals surface area (Å²) in [7, 11) is -4.06. The summed E-state index contributed by atoms with van der Waals surface area (Å²) < 4.78 is 45.5. The summed E-state index contributed by atoms with van der Waals surface area (Å²) in [5.74, 6) is -2.22. The number of carboxylic acid groups (broad SMARTS) is 1. The number of hydrogen-bond donors (Lipinski definition) is 2. The van der Waals surface area contributed by atoms with E-state index in [-0.39, 0.29) is 40.0 Å². The van der Waals surface area contributed by atoms with Crippen LogP contribution in [0.1, 0.15) is 17.3 Å². The largest absolute Gasteiger partial charge is 0.477 e. The number of fused-ring (bicyclic) bond motifs is 1. The molecule has 2 heterocycles. The second kappa shape index (κ2) is 9.78. The molecular weight excluding hydrogens is 513 g/mol. The van der Waals surface area contributed by atoms with Gasteiger partial charge in [0.25, 0.3) is 10.0 Å². The molecule has 3 N–H and O–H groups in total. The van der Waals surface area contributed by atoms with Crippen LogP contribution in [0.5, 0.6) is 0 Å². The van der Waals surface area contributed by atoms with Crippen LogP contribution >= 0.6 is 11.6 Å². The van der Waals surface area contributed by atoms with Gasteiger partial charge in [-0.2, -0.15) is 8.42 Å². The minimum absolute atomic E-state index is 0.0146. The van der Waals surface area contributed by atoms with Crippen LogP contribution in [0.4, 0.5) is 10.1 Å². The molecule has 0 spiro atoms. The zero-order valence-electron chi connectivity index (χ0n) is 19.2. The lowest BCUT2D eigenvalue weighted by atomic mass is 10.1. The first-order chi connectivity index (χ1) is 17.0. The van der Waals surface area contributed by atoms with Gasteiger partial charge in [-0.15, -0.1) is 4.40 Å². The number of aryl methyl sites for hydroxylation is 1. The molecule has 4 rings (SSSR count). The number of carboxylic acids is 1. The molecule has 0 radical (unpaired) electrons. The zero-order chi connectivity index (χ0) is 26.2. The molecule has 2 aromatic carbocycles. The molecule has 190 valence electrons. The number of aromatic carboxylic acids is 1. The monoisotopic (exact) mass is 535 g/mol. The van der Waals surface area contributed by atoms with Crippen LogP contribution < -0.4 is 16.1 Å². The topological polar surface area (TPSA) is 138 Å². The van der Waals surface area contributed by atoms with Crippen molar-refractivity contribution < 1.29 is 22.7 Å². The maximum absolute atomic E-state index is 15.1. The van der Waals surface area contributed by atoms with E-state index in [1.54, 1.807) is 27.4 Å². The predicted molar refractivity (Wildman–Crippen MR) is 135 cm³/mol. The molecule has 13 heteroatoms. The molecule has 1 aliphatic heterocycles. The first-order valence-electron chi connectivity index (χ1n) is 11.0. The molecular formula is C23H23ClFN5O5S. The Balaban J connectivity index is 1.58. The van der Waals surface area contributed by atoms with Crippen molar-refractivity contribution in [3.8, 4) is 0 Å². The Kier molecular flexibility index (Phi) is 6.92. The summed E-state index contributed by atoms with van der Waals surface area (Å²) in [5, 5.41) is 9.55. The summed E-state index contributed by atoms with van der Waals surface area (Å²) >= 11 is 5.87. The van der Waals surface area contributed by atoms with E-state index in [0.29, 0.717) is 25.2 Å². The minimum atomic E-state index is -4.06. The number of nitrogens with zero attached hydrogens (tertiary/aromatic N) is 4. The number of carbonyl (C=O) groups is 1. The zero-order valence-corrected chi connectivity index (χ0v) is 20.8. The number of anilines is 1. The predicted octanol–water partition coefficient (Wildman–Crippen LogP) is 2.34. The Morgan fingerprint density at radius 2 is 1.89 bits per heavy atom. The highest BCUT2D eigenvalue weighted by molar-refractivity contribution is 7.90. The Morgan fingerprint density at radius 1 is 1.19 bits per heavy atom. The summed E-state index contributed by atoms with van der Waals surface area (Å²) in [5.41, 5.74) is 5.47. The Bertz CT molecular complexity index is 1550. The van der Waals surface area contributed by atoms with E-state index in [2.05, 4.69) is 4.40 Å². The number of aromatic nitrogens is 1. The van der Waals surface area contributed by atoms with Gasteiger partial charge in [0.1, 0.15) is 11.4 Å². The van der Waals surface area contributed by atoms with Crippen molar-refractivity contribution in [2.24, 2.45) is 10.1 Å². The average Bonchev–Trinajstić information content (AvgIpc) is 2.84. The van der Waals surface area contributed by atoms with E-state index >= 15 is 4.39 Å². The first kappa shape index (κ1) is 25.5. The molecule has 1 aromatic heterocycles. The fourth-order valence-electron chi connectivity index (χ4n) is 4.09. The van der Waals surface area contributed by atoms with Gasteiger partial charge in [0.2, 0.25) is 11.4 Å². The van der Waals surface area contributed by atoms with E-state index in [1.807, 2.05) is 0 Å². The fraction of sp³-hybridized carbons (Fsp3) is 0.261.